The van der Waals surface area contributed by atoms with E-state index in [-0.39, 0.29) is 23.2 Å². The van der Waals surface area contributed by atoms with E-state index in [0.29, 0.717) is 13.1 Å². The summed E-state index contributed by atoms with van der Waals surface area (Å²) < 4.78 is 1.33. The van der Waals surface area contributed by atoms with Crippen molar-refractivity contribution in [2.45, 2.75) is 32.9 Å². The van der Waals surface area contributed by atoms with Gasteiger partial charge in [-0.15, -0.1) is 0 Å². The van der Waals surface area contributed by atoms with Crippen molar-refractivity contribution in [3.63, 3.8) is 0 Å². The minimum atomic E-state index is -0.270. The normalized spacial score (nSPS) is 11.8. The largest absolute Gasteiger partial charge is 0.370 e. The van der Waals surface area contributed by atoms with E-state index in [9.17, 15) is 9.59 Å². The average Bonchev–Trinajstić information content (AvgIpc) is 2.61. The van der Waals surface area contributed by atoms with E-state index in [0.717, 1.165) is 12.1 Å². The minimum absolute atomic E-state index is 0.123. The number of nitrogens with one attached hydrogen (secondary N) is 1. The Morgan fingerprint density at radius 3 is 2.62 bits per heavy atom. The Bertz CT molecular complexity index is 727. The second-order valence-electron chi connectivity index (χ2n) is 5.79. The average molecular weight is 328 g/mol. The number of hydrogen-bond donors (Lipinski definition) is 1. The minimum Gasteiger partial charge on any atom is -0.370 e. The summed E-state index contributed by atoms with van der Waals surface area (Å²) in [5.41, 5.74) is 1.16. The van der Waals surface area contributed by atoms with Crippen LogP contribution in [-0.4, -0.2) is 35.3 Å². The number of rotatable bonds is 7. The zero-order valence-electron chi connectivity index (χ0n) is 14.4. The van der Waals surface area contributed by atoms with Gasteiger partial charge in [-0.3, -0.25) is 9.59 Å². The number of carbonyl (C=O) groups is 1. The maximum Gasteiger partial charge on any atom is 0.271 e. The summed E-state index contributed by atoms with van der Waals surface area (Å²) in [7, 11) is 1.99. The van der Waals surface area contributed by atoms with Crippen LogP contribution in [0.15, 0.2) is 47.3 Å². The molecule has 6 heteroatoms. The zero-order chi connectivity index (χ0) is 17.5. The Balaban J connectivity index is 1.97. The van der Waals surface area contributed by atoms with Gasteiger partial charge in [0, 0.05) is 37.9 Å². The molecule has 1 amide bonds. The first kappa shape index (κ1) is 17.7. The van der Waals surface area contributed by atoms with Crippen LogP contribution in [0.2, 0.25) is 0 Å². The van der Waals surface area contributed by atoms with Gasteiger partial charge in [0.2, 0.25) is 0 Å². The molecule has 1 heterocycles. The van der Waals surface area contributed by atoms with Crippen molar-refractivity contribution in [1.29, 1.82) is 0 Å². The lowest BCUT2D eigenvalue weighted by molar-refractivity contribution is 0.0944. The van der Waals surface area contributed by atoms with Crippen LogP contribution in [0, 0.1) is 0 Å². The lowest BCUT2D eigenvalue weighted by Gasteiger charge is -2.27. The molecule has 1 aromatic carbocycles. The summed E-state index contributed by atoms with van der Waals surface area (Å²) in [6.07, 6.45) is 0.789. The molecule has 128 valence electrons. The van der Waals surface area contributed by atoms with Crippen LogP contribution in [0.3, 0.4) is 0 Å². The quantitative estimate of drug-likeness (QED) is 0.843. The van der Waals surface area contributed by atoms with Gasteiger partial charge in [0.1, 0.15) is 5.69 Å². The van der Waals surface area contributed by atoms with E-state index in [1.54, 1.807) is 0 Å². The highest BCUT2D eigenvalue weighted by Gasteiger charge is 2.14. The molecule has 0 aliphatic rings. The van der Waals surface area contributed by atoms with E-state index in [2.05, 4.69) is 15.3 Å². The number of anilines is 1. The number of para-hydroxylation sites is 1. The molecule has 1 atom stereocenters. The Hall–Kier alpha value is -2.63. The summed E-state index contributed by atoms with van der Waals surface area (Å²) in [5.74, 6) is -0.270. The lowest BCUT2D eigenvalue weighted by Crippen LogP contribution is -2.40. The molecule has 1 N–H and O–H groups in total. The van der Waals surface area contributed by atoms with Gasteiger partial charge >= 0.3 is 0 Å². The third-order valence-corrected chi connectivity index (χ3v) is 3.92. The van der Waals surface area contributed by atoms with Crippen LogP contribution >= 0.6 is 0 Å². The molecule has 0 saturated carbocycles. The highest BCUT2D eigenvalue weighted by atomic mass is 16.2. The highest BCUT2D eigenvalue weighted by Crippen LogP contribution is 2.13. The van der Waals surface area contributed by atoms with Gasteiger partial charge in [-0.1, -0.05) is 25.1 Å². The summed E-state index contributed by atoms with van der Waals surface area (Å²) in [4.78, 5) is 26.0. The molecule has 0 fully saturated rings. The van der Waals surface area contributed by atoms with Gasteiger partial charge < -0.3 is 10.2 Å². The van der Waals surface area contributed by atoms with Crippen molar-refractivity contribution in [2.75, 3.05) is 18.5 Å². The molecular formula is C18H24N4O2. The number of nitrogens with zero attached hydrogens (tertiary/aromatic N) is 3. The van der Waals surface area contributed by atoms with Gasteiger partial charge in [0.05, 0.1) is 0 Å². The van der Waals surface area contributed by atoms with Gasteiger partial charge in [-0.2, -0.15) is 5.10 Å². The van der Waals surface area contributed by atoms with Crippen LogP contribution < -0.4 is 15.8 Å². The van der Waals surface area contributed by atoms with Crippen molar-refractivity contribution in [3.8, 4) is 0 Å². The third kappa shape index (κ3) is 4.44. The third-order valence-electron chi connectivity index (χ3n) is 3.92. The molecule has 2 aromatic rings. The van der Waals surface area contributed by atoms with Crippen LogP contribution in [0.5, 0.6) is 0 Å². The number of amides is 1. The van der Waals surface area contributed by atoms with Crippen LogP contribution in [-0.2, 0) is 6.54 Å². The van der Waals surface area contributed by atoms with Crippen molar-refractivity contribution in [3.05, 3.63) is 58.5 Å². The fourth-order valence-electron chi connectivity index (χ4n) is 2.33. The first-order valence-corrected chi connectivity index (χ1v) is 8.17. The number of aromatic nitrogens is 2. The van der Waals surface area contributed by atoms with E-state index in [4.69, 9.17) is 0 Å². The molecule has 1 aromatic heterocycles. The second-order valence-corrected chi connectivity index (χ2v) is 5.79. The Morgan fingerprint density at radius 2 is 1.96 bits per heavy atom. The maximum atomic E-state index is 12.3. The van der Waals surface area contributed by atoms with E-state index in [1.165, 1.54) is 16.8 Å². The van der Waals surface area contributed by atoms with E-state index in [1.807, 2.05) is 51.2 Å². The number of carbonyl (C=O) groups excluding carboxylic acids is 1. The highest BCUT2D eigenvalue weighted by molar-refractivity contribution is 5.92. The van der Waals surface area contributed by atoms with Gasteiger partial charge in [-0.25, -0.2) is 4.68 Å². The maximum absolute atomic E-state index is 12.3. The first-order chi connectivity index (χ1) is 11.5. The first-order valence-electron chi connectivity index (χ1n) is 8.17. The fraction of sp³-hybridized carbons (Fsp3) is 0.389. The number of likely N-dealkylation sites (N-methyl/N-ethyl adjacent to an activating group) is 1. The van der Waals surface area contributed by atoms with Crippen molar-refractivity contribution in [1.82, 2.24) is 15.1 Å². The van der Waals surface area contributed by atoms with Crippen molar-refractivity contribution in [2.24, 2.45) is 0 Å². The molecule has 0 radical (unpaired) electrons. The van der Waals surface area contributed by atoms with Crippen molar-refractivity contribution >= 4 is 11.6 Å². The summed E-state index contributed by atoms with van der Waals surface area (Å²) in [5, 5.41) is 7.00. The fourth-order valence-corrected chi connectivity index (χ4v) is 2.33. The Labute approximate surface area is 142 Å². The standard InChI is InChI=1S/C18H24N4O2/c1-4-12-22-17(23)11-10-16(20-22)18(24)19-13-14(2)21(3)15-8-6-5-7-9-15/h5-11,14H,4,12-13H2,1-3H3,(H,19,24)/t14-/m1/s1. The smallest absolute Gasteiger partial charge is 0.271 e. The van der Waals surface area contributed by atoms with Gasteiger partial charge in [0.25, 0.3) is 11.5 Å². The zero-order valence-corrected chi connectivity index (χ0v) is 14.4. The molecule has 0 spiro atoms. The lowest BCUT2D eigenvalue weighted by atomic mass is 10.2. The van der Waals surface area contributed by atoms with Gasteiger partial charge in [-0.05, 0) is 31.5 Å². The summed E-state index contributed by atoms with van der Waals surface area (Å²) >= 11 is 0. The topological polar surface area (TPSA) is 67.2 Å². The predicted octanol–water partition coefficient (Wildman–Crippen LogP) is 1.91. The monoisotopic (exact) mass is 328 g/mol. The molecule has 24 heavy (non-hydrogen) atoms. The molecular weight excluding hydrogens is 304 g/mol. The van der Waals surface area contributed by atoms with Crippen LogP contribution in [0.25, 0.3) is 0 Å². The summed E-state index contributed by atoms with van der Waals surface area (Å²) in [6, 6.07) is 13.0. The molecule has 2 rings (SSSR count). The molecule has 0 aliphatic heterocycles. The molecule has 0 bridgehead atoms. The number of benzene rings is 1. The molecule has 6 nitrogen and oxygen atoms in total. The van der Waals surface area contributed by atoms with E-state index < -0.39 is 0 Å². The predicted molar refractivity (Wildman–Crippen MR) is 95.4 cm³/mol. The van der Waals surface area contributed by atoms with Crippen LogP contribution in [0.1, 0.15) is 30.8 Å². The van der Waals surface area contributed by atoms with E-state index >= 15 is 0 Å². The molecule has 0 unspecified atom stereocenters. The number of aryl methyl sites for hydroxylation is 1. The Morgan fingerprint density at radius 1 is 1.25 bits per heavy atom. The SMILES string of the molecule is CCCn1nc(C(=O)NC[C@@H](C)N(C)c2ccccc2)ccc1=O. The Kier molecular flexibility index (Phi) is 6.12. The van der Waals surface area contributed by atoms with Crippen molar-refractivity contribution < 1.29 is 4.79 Å². The van der Waals surface area contributed by atoms with Crippen LogP contribution in [0.4, 0.5) is 5.69 Å². The second kappa shape index (κ2) is 8.29. The number of hydrogen-bond acceptors (Lipinski definition) is 4. The molecule has 0 aliphatic carbocycles. The summed E-state index contributed by atoms with van der Waals surface area (Å²) in [6.45, 7) is 4.99. The van der Waals surface area contributed by atoms with Gasteiger partial charge in [0.15, 0.2) is 0 Å². The molecule has 0 saturated heterocycles.